The molecule has 1 aromatic rings. The average Bonchev–Trinajstić information content (AvgIpc) is 2.65. The molecule has 2 N–H and O–H groups in total. The van der Waals surface area contributed by atoms with Crippen LogP contribution in [0.25, 0.3) is 0 Å². The number of carbonyl (C=O) groups is 1. The first kappa shape index (κ1) is 19.7. The summed E-state index contributed by atoms with van der Waals surface area (Å²) in [5.74, 6) is -0.375. The lowest BCUT2D eigenvalue weighted by Crippen LogP contribution is -2.49. The van der Waals surface area contributed by atoms with E-state index in [2.05, 4.69) is 43.0 Å². The van der Waals surface area contributed by atoms with E-state index in [1.807, 2.05) is 12.1 Å². The van der Waals surface area contributed by atoms with Crippen LogP contribution >= 0.6 is 0 Å². The number of likely N-dealkylation sites (tertiary alicyclic amines) is 1. The molecular weight excluding hydrogens is 338 g/mol. The number of rotatable bonds is 6. The summed E-state index contributed by atoms with van der Waals surface area (Å²) in [6.07, 6.45) is 10.0. The molecule has 1 heterocycles. The smallest absolute Gasteiger partial charge is 0.308 e. The molecule has 0 spiro atoms. The number of nitrogens with zero attached hydrogens (tertiary/aromatic N) is 1. The number of carboxylic acid groups (broad SMARTS) is 1. The molecule has 3 rings (SSSR count). The van der Waals surface area contributed by atoms with Gasteiger partial charge < -0.3 is 15.1 Å². The van der Waals surface area contributed by atoms with Crippen molar-refractivity contribution in [3.8, 4) is 5.75 Å². The molecule has 4 nitrogen and oxygen atoms in total. The van der Waals surface area contributed by atoms with E-state index in [4.69, 9.17) is 0 Å². The predicted octanol–water partition coefficient (Wildman–Crippen LogP) is 4.36. The van der Waals surface area contributed by atoms with Crippen molar-refractivity contribution in [1.82, 2.24) is 4.90 Å². The topological polar surface area (TPSA) is 60.8 Å². The van der Waals surface area contributed by atoms with Gasteiger partial charge in [-0.3, -0.25) is 4.79 Å². The highest BCUT2D eigenvalue weighted by molar-refractivity contribution is 5.70. The van der Waals surface area contributed by atoms with Crippen molar-refractivity contribution in [2.45, 2.75) is 44.9 Å². The van der Waals surface area contributed by atoms with Crippen molar-refractivity contribution < 1.29 is 15.0 Å². The molecule has 0 bridgehead atoms. The third kappa shape index (κ3) is 4.62. The van der Waals surface area contributed by atoms with Gasteiger partial charge in [0.15, 0.2) is 0 Å². The van der Waals surface area contributed by atoms with Gasteiger partial charge in [-0.05, 0) is 61.3 Å². The molecule has 2 aliphatic rings. The molecule has 1 unspecified atom stereocenters. The van der Waals surface area contributed by atoms with E-state index < -0.39 is 5.97 Å². The van der Waals surface area contributed by atoms with E-state index in [-0.39, 0.29) is 11.3 Å². The fourth-order valence-corrected chi connectivity index (χ4v) is 4.42. The fourth-order valence-electron chi connectivity index (χ4n) is 4.42. The Labute approximate surface area is 162 Å². The van der Waals surface area contributed by atoms with Gasteiger partial charge in [-0.15, -0.1) is 0 Å². The Bertz CT molecular complexity index is 739. The molecule has 0 amide bonds. The summed E-state index contributed by atoms with van der Waals surface area (Å²) in [5, 5.41) is 19.6. The molecule has 0 aromatic heterocycles. The minimum atomic E-state index is -0.705. The molecule has 27 heavy (non-hydrogen) atoms. The first-order valence-corrected chi connectivity index (χ1v) is 9.99. The number of phenolic OH excluding ortho intramolecular Hbond substituents is 1. The summed E-state index contributed by atoms with van der Waals surface area (Å²) < 4.78 is 0. The number of aromatic hydroxyl groups is 1. The zero-order valence-corrected chi connectivity index (χ0v) is 16.4. The van der Waals surface area contributed by atoms with Gasteiger partial charge in [0, 0.05) is 13.1 Å². The molecule has 1 aromatic carbocycles. The van der Waals surface area contributed by atoms with Gasteiger partial charge in [0.25, 0.3) is 0 Å². The van der Waals surface area contributed by atoms with Crippen LogP contribution in [0.3, 0.4) is 0 Å². The lowest BCUT2D eigenvalue weighted by atomic mass is 9.68. The van der Waals surface area contributed by atoms with E-state index in [0.29, 0.717) is 24.6 Å². The molecule has 1 aliphatic carbocycles. The van der Waals surface area contributed by atoms with Gasteiger partial charge in [-0.2, -0.15) is 0 Å². The molecule has 1 fully saturated rings. The Morgan fingerprint density at radius 1 is 1.37 bits per heavy atom. The highest BCUT2D eigenvalue weighted by atomic mass is 16.4. The van der Waals surface area contributed by atoms with Crippen LogP contribution in [-0.4, -0.2) is 40.7 Å². The molecule has 1 aliphatic heterocycles. The van der Waals surface area contributed by atoms with Crippen LogP contribution in [0.15, 0.2) is 48.1 Å². The number of aliphatic carboxylic acids is 1. The van der Waals surface area contributed by atoms with Crippen LogP contribution in [0.1, 0.15) is 45.1 Å². The molecular formula is C23H31NO3. The molecule has 0 saturated carbocycles. The Kier molecular flexibility index (Phi) is 6.05. The lowest BCUT2D eigenvalue weighted by Gasteiger charge is -2.45. The number of benzene rings is 1. The van der Waals surface area contributed by atoms with E-state index in [1.54, 1.807) is 6.07 Å². The van der Waals surface area contributed by atoms with Crippen LogP contribution in [0.4, 0.5) is 0 Å². The summed E-state index contributed by atoms with van der Waals surface area (Å²) in [6, 6.07) is 7.57. The normalized spacial score (nSPS) is 27.2. The maximum Gasteiger partial charge on any atom is 0.308 e. The second kappa shape index (κ2) is 8.30. The Morgan fingerprint density at radius 3 is 2.81 bits per heavy atom. The van der Waals surface area contributed by atoms with Crippen molar-refractivity contribution in [3.05, 3.63) is 53.6 Å². The van der Waals surface area contributed by atoms with Crippen molar-refractivity contribution in [2.75, 3.05) is 19.6 Å². The molecule has 4 heteroatoms. The Morgan fingerprint density at radius 2 is 2.19 bits per heavy atom. The third-order valence-corrected chi connectivity index (χ3v) is 6.45. The van der Waals surface area contributed by atoms with Crippen LogP contribution in [-0.2, 0) is 10.2 Å². The highest BCUT2D eigenvalue weighted by Gasteiger charge is 2.39. The van der Waals surface area contributed by atoms with Crippen LogP contribution in [0.2, 0.25) is 0 Å². The zero-order chi connectivity index (χ0) is 19.4. The van der Waals surface area contributed by atoms with Crippen molar-refractivity contribution in [2.24, 2.45) is 11.8 Å². The van der Waals surface area contributed by atoms with Gasteiger partial charge in [0.1, 0.15) is 5.75 Å². The minimum absolute atomic E-state index is 0.00257. The number of allylic oxidation sites excluding steroid dienone is 4. The Balaban J connectivity index is 1.65. The van der Waals surface area contributed by atoms with Crippen molar-refractivity contribution in [1.29, 1.82) is 0 Å². The first-order chi connectivity index (χ1) is 12.9. The summed E-state index contributed by atoms with van der Waals surface area (Å²) in [4.78, 5) is 14.1. The zero-order valence-electron chi connectivity index (χ0n) is 16.4. The molecule has 3 atom stereocenters. The van der Waals surface area contributed by atoms with Gasteiger partial charge >= 0.3 is 5.97 Å². The van der Waals surface area contributed by atoms with E-state index in [1.165, 1.54) is 5.56 Å². The number of hydrogen-bond donors (Lipinski definition) is 2. The van der Waals surface area contributed by atoms with E-state index in [0.717, 1.165) is 37.9 Å². The maximum absolute atomic E-state index is 11.8. The van der Waals surface area contributed by atoms with E-state index >= 15 is 0 Å². The largest absolute Gasteiger partial charge is 0.508 e. The average molecular weight is 370 g/mol. The van der Waals surface area contributed by atoms with Crippen molar-refractivity contribution >= 4 is 5.97 Å². The maximum atomic E-state index is 11.8. The van der Waals surface area contributed by atoms with Gasteiger partial charge in [0.2, 0.25) is 0 Å². The van der Waals surface area contributed by atoms with E-state index in [9.17, 15) is 15.0 Å². The third-order valence-electron chi connectivity index (χ3n) is 6.45. The van der Waals surface area contributed by atoms with Crippen LogP contribution in [0.5, 0.6) is 5.75 Å². The fraction of sp³-hybridized carbons (Fsp3) is 0.522. The molecule has 0 radical (unpaired) electrons. The molecule has 146 valence electrons. The van der Waals surface area contributed by atoms with Crippen LogP contribution in [0, 0.1) is 11.8 Å². The van der Waals surface area contributed by atoms with Crippen molar-refractivity contribution in [3.63, 3.8) is 0 Å². The lowest BCUT2D eigenvalue weighted by molar-refractivity contribution is -0.142. The second-order valence-electron chi connectivity index (χ2n) is 8.38. The molecule has 1 saturated heterocycles. The van der Waals surface area contributed by atoms with Crippen LogP contribution < -0.4 is 0 Å². The number of carboxylic acids is 1. The number of hydrogen-bond acceptors (Lipinski definition) is 3. The quantitative estimate of drug-likeness (QED) is 0.782. The van der Waals surface area contributed by atoms with Gasteiger partial charge in [-0.1, -0.05) is 49.8 Å². The highest BCUT2D eigenvalue weighted by Crippen LogP contribution is 2.40. The summed E-state index contributed by atoms with van der Waals surface area (Å²) in [6.45, 7) is 6.86. The number of piperidine rings is 1. The first-order valence-electron chi connectivity index (χ1n) is 9.99. The summed E-state index contributed by atoms with van der Waals surface area (Å²) >= 11 is 0. The Hall–Kier alpha value is -2.07. The number of phenols is 1. The van der Waals surface area contributed by atoms with Gasteiger partial charge in [-0.25, -0.2) is 0 Å². The summed E-state index contributed by atoms with van der Waals surface area (Å²) in [7, 11) is 0. The predicted molar refractivity (Wildman–Crippen MR) is 108 cm³/mol. The minimum Gasteiger partial charge on any atom is -0.508 e. The SMILES string of the molecule is CC1CN(C[C@H](CC2=CCCC=C2)C(=O)O)CC[C@@]1(C)c1cccc(O)c1. The standard InChI is InChI=1S/C23H31NO3/c1-17-15-24(12-11-23(17,2)20-9-6-10-21(25)14-20)16-19(22(26)27)13-18-7-4-3-5-8-18/h4,6-10,14,17,19,25H,3,5,11-13,15-16H2,1-2H3,(H,26,27)/t17?,19-,23+/m0/s1. The monoisotopic (exact) mass is 369 g/mol. The van der Waals surface area contributed by atoms with Gasteiger partial charge in [0.05, 0.1) is 5.92 Å². The second-order valence-corrected chi connectivity index (χ2v) is 8.38. The summed E-state index contributed by atoms with van der Waals surface area (Å²) in [5.41, 5.74) is 2.33.